The molecule has 5 heterocycles. The van der Waals surface area contributed by atoms with Crippen LogP contribution >= 0.6 is 0 Å². The standard InChI is InChI=1S/C38H48O25/c1-10-21(44)26(49)30(53)35(57-10)56-9-19-24(47)27(50)31(54)37(61-19)62-33-25(48)20-15(42)5-12(6-17(20)59-32(33)11-2-3-13(40)14(41)4-11)58-38-34(28(51)23(46)18(7-39)60-38)63-36-29(52)22(45)16(43)8-55-36/h2-6,10,16,18-19,21-24,26-31,34-47,49-54H,7-9H2,1H3. The van der Waals surface area contributed by atoms with Gasteiger partial charge in [0.15, 0.2) is 35.9 Å². The normalized spacial score (nSPS) is 39.9. The van der Waals surface area contributed by atoms with Crippen LogP contribution in [0.15, 0.2) is 39.5 Å². The molecule has 4 fully saturated rings. The quantitative estimate of drug-likeness (QED) is 0.0797. The van der Waals surface area contributed by atoms with Crippen LogP contribution in [-0.2, 0) is 28.4 Å². The van der Waals surface area contributed by atoms with Gasteiger partial charge in [0.2, 0.25) is 23.8 Å². The van der Waals surface area contributed by atoms with Crippen LogP contribution in [0.25, 0.3) is 22.3 Å². The zero-order valence-electron chi connectivity index (χ0n) is 32.8. The van der Waals surface area contributed by atoms with Crippen LogP contribution in [0.1, 0.15) is 6.92 Å². The molecule has 3 aromatic rings. The lowest BCUT2D eigenvalue weighted by Gasteiger charge is -2.44. The van der Waals surface area contributed by atoms with Gasteiger partial charge in [0.05, 0.1) is 25.9 Å². The van der Waals surface area contributed by atoms with Crippen molar-refractivity contribution in [2.24, 2.45) is 0 Å². The van der Waals surface area contributed by atoms with Crippen LogP contribution < -0.4 is 14.9 Å². The van der Waals surface area contributed by atoms with E-state index in [9.17, 15) is 81.4 Å². The lowest BCUT2D eigenvalue weighted by Crippen LogP contribution is -2.63. The molecule has 4 saturated heterocycles. The van der Waals surface area contributed by atoms with Gasteiger partial charge in [-0.05, 0) is 25.1 Å². The van der Waals surface area contributed by atoms with E-state index in [2.05, 4.69) is 0 Å². The molecule has 25 heteroatoms. The lowest BCUT2D eigenvalue weighted by atomic mass is 9.98. The zero-order chi connectivity index (χ0) is 45.8. The number of fused-ring (bicyclic) bond motifs is 1. The maximum Gasteiger partial charge on any atom is 0.239 e. The van der Waals surface area contributed by atoms with Gasteiger partial charge in [-0.25, -0.2) is 0 Å². The summed E-state index contributed by atoms with van der Waals surface area (Å²) < 4.78 is 50.8. The minimum absolute atomic E-state index is 0.167. The molecule has 0 bridgehead atoms. The highest BCUT2D eigenvalue weighted by Gasteiger charge is 2.51. The van der Waals surface area contributed by atoms with E-state index < -0.39 is 182 Å². The van der Waals surface area contributed by atoms with Gasteiger partial charge in [0.25, 0.3) is 0 Å². The van der Waals surface area contributed by atoms with Gasteiger partial charge in [-0.1, -0.05) is 0 Å². The molecule has 1 aromatic heterocycles. The summed E-state index contributed by atoms with van der Waals surface area (Å²) in [7, 11) is 0. The molecule has 350 valence electrons. The summed E-state index contributed by atoms with van der Waals surface area (Å²) >= 11 is 0. The fourth-order valence-electron chi connectivity index (χ4n) is 7.38. The summed E-state index contributed by atoms with van der Waals surface area (Å²) in [5.41, 5.74) is -1.81. The minimum Gasteiger partial charge on any atom is -0.507 e. The van der Waals surface area contributed by atoms with E-state index in [1.54, 1.807) is 0 Å². The second kappa shape index (κ2) is 18.8. The van der Waals surface area contributed by atoms with Crippen molar-refractivity contribution in [1.82, 2.24) is 0 Å². The Morgan fingerprint density at radius 3 is 1.98 bits per heavy atom. The van der Waals surface area contributed by atoms with Crippen LogP contribution in [0.2, 0.25) is 0 Å². The van der Waals surface area contributed by atoms with Crippen LogP contribution in [0.4, 0.5) is 0 Å². The largest absolute Gasteiger partial charge is 0.507 e. The van der Waals surface area contributed by atoms with Gasteiger partial charge in [0.1, 0.15) is 102 Å². The van der Waals surface area contributed by atoms with Crippen LogP contribution in [0, 0.1) is 0 Å². The van der Waals surface area contributed by atoms with Crippen molar-refractivity contribution < 1.29 is 119 Å². The van der Waals surface area contributed by atoms with E-state index in [0.29, 0.717) is 0 Å². The molecular weight excluding hydrogens is 856 g/mol. The summed E-state index contributed by atoms with van der Waals surface area (Å²) in [6.07, 6.45) is -32.7. The molecule has 0 saturated carbocycles. The zero-order valence-corrected chi connectivity index (χ0v) is 32.8. The smallest absolute Gasteiger partial charge is 0.239 e. The van der Waals surface area contributed by atoms with Crippen molar-refractivity contribution >= 4 is 11.0 Å². The van der Waals surface area contributed by atoms with Crippen molar-refractivity contribution in [3.63, 3.8) is 0 Å². The number of aromatic hydroxyl groups is 3. The first-order valence-corrected chi connectivity index (χ1v) is 19.4. The maximum atomic E-state index is 14.3. The highest BCUT2D eigenvalue weighted by molar-refractivity contribution is 5.88. The fraction of sp³-hybridized carbons (Fsp3) is 0.605. The number of benzene rings is 2. The van der Waals surface area contributed by atoms with Crippen LogP contribution in [0.3, 0.4) is 0 Å². The fourth-order valence-corrected chi connectivity index (χ4v) is 7.38. The second-order valence-electron chi connectivity index (χ2n) is 15.4. The molecule has 15 N–H and O–H groups in total. The van der Waals surface area contributed by atoms with Gasteiger partial charge in [-0.15, -0.1) is 0 Å². The molecule has 7 rings (SSSR count). The highest BCUT2D eigenvalue weighted by Crippen LogP contribution is 2.41. The number of hydrogen-bond acceptors (Lipinski definition) is 25. The summed E-state index contributed by atoms with van der Waals surface area (Å²) in [4.78, 5) is 14.3. The monoisotopic (exact) mass is 904 g/mol. The molecule has 25 nitrogen and oxygen atoms in total. The van der Waals surface area contributed by atoms with Crippen molar-refractivity contribution in [3.8, 4) is 40.1 Å². The van der Waals surface area contributed by atoms with E-state index in [0.717, 1.165) is 24.3 Å². The molecule has 19 atom stereocenters. The summed E-state index contributed by atoms with van der Waals surface area (Å²) in [6.45, 7) is -0.661. The maximum absolute atomic E-state index is 14.3. The third-order valence-corrected chi connectivity index (χ3v) is 11.1. The van der Waals surface area contributed by atoms with Crippen molar-refractivity contribution in [2.75, 3.05) is 19.8 Å². The molecule has 2 aromatic carbocycles. The Balaban J connectivity index is 1.21. The predicted molar refractivity (Wildman–Crippen MR) is 200 cm³/mol. The molecule has 0 radical (unpaired) electrons. The van der Waals surface area contributed by atoms with E-state index in [1.807, 2.05) is 0 Å². The Morgan fingerprint density at radius 1 is 0.635 bits per heavy atom. The number of aliphatic hydroxyl groups excluding tert-OH is 12. The van der Waals surface area contributed by atoms with Gasteiger partial charge < -0.3 is 119 Å². The first-order valence-electron chi connectivity index (χ1n) is 19.4. The number of aliphatic hydroxyl groups is 12. The molecule has 4 aliphatic heterocycles. The van der Waals surface area contributed by atoms with Crippen molar-refractivity contribution in [1.29, 1.82) is 0 Å². The van der Waals surface area contributed by atoms with Crippen molar-refractivity contribution in [3.05, 3.63) is 40.6 Å². The van der Waals surface area contributed by atoms with Crippen LogP contribution in [0.5, 0.6) is 28.7 Å². The van der Waals surface area contributed by atoms with E-state index in [1.165, 1.54) is 13.0 Å². The molecule has 19 unspecified atom stereocenters. The van der Waals surface area contributed by atoms with Gasteiger partial charge in [0, 0.05) is 17.7 Å². The number of ether oxygens (including phenoxy) is 8. The van der Waals surface area contributed by atoms with Gasteiger partial charge >= 0.3 is 0 Å². The van der Waals surface area contributed by atoms with Crippen LogP contribution in [-0.4, -0.2) is 213 Å². The first kappa shape index (κ1) is 46.9. The Labute approximate surface area is 353 Å². The molecule has 0 spiro atoms. The number of phenolic OH excluding ortho intramolecular Hbond substituents is 3. The Bertz CT molecular complexity index is 2120. The Kier molecular flexibility index (Phi) is 14.0. The molecule has 0 aliphatic carbocycles. The average molecular weight is 905 g/mol. The highest BCUT2D eigenvalue weighted by atomic mass is 16.8. The lowest BCUT2D eigenvalue weighted by molar-refractivity contribution is -0.344. The SMILES string of the molecule is CC1OC(OCC2OC(Oc3c(-c4ccc(O)c(O)c4)oc4cc(OC5OC(CO)C(O)C(O)C5OC5OCC(O)C(O)C5O)cc(O)c4c3=O)C(O)C(O)C2O)C(O)C(O)C1O. The Hall–Kier alpha value is -4.07. The minimum atomic E-state index is -2.10. The predicted octanol–water partition coefficient (Wildman–Crippen LogP) is -5.75. The second-order valence-corrected chi connectivity index (χ2v) is 15.4. The van der Waals surface area contributed by atoms with Gasteiger partial charge in [-0.2, -0.15) is 0 Å². The van der Waals surface area contributed by atoms with E-state index in [-0.39, 0.29) is 11.3 Å². The molecule has 63 heavy (non-hydrogen) atoms. The number of hydrogen-bond donors (Lipinski definition) is 15. The molecule has 4 aliphatic rings. The summed E-state index contributed by atoms with van der Waals surface area (Å²) in [5, 5.41) is 156. The topological polar surface area (TPSA) is 408 Å². The molecule has 0 amide bonds. The van der Waals surface area contributed by atoms with E-state index >= 15 is 0 Å². The molecular formula is C38H48O25. The summed E-state index contributed by atoms with van der Waals surface area (Å²) in [5.74, 6) is -3.94. The van der Waals surface area contributed by atoms with Gasteiger partial charge in [-0.3, -0.25) is 4.79 Å². The third kappa shape index (κ3) is 9.12. The van der Waals surface area contributed by atoms with Crippen molar-refractivity contribution in [2.45, 2.75) is 124 Å². The summed E-state index contributed by atoms with van der Waals surface area (Å²) in [6, 6.07) is 5.01. The average Bonchev–Trinajstić information content (AvgIpc) is 3.25. The number of rotatable bonds is 11. The Morgan fingerprint density at radius 2 is 1.29 bits per heavy atom. The third-order valence-electron chi connectivity index (χ3n) is 11.1. The first-order chi connectivity index (χ1) is 29.8. The van der Waals surface area contributed by atoms with E-state index in [4.69, 9.17) is 42.3 Å². The number of phenols is 3.